The van der Waals surface area contributed by atoms with Crippen molar-refractivity contribution in [3.8, 4) is 0 Å². The van der Waals surface area contributed by atoms with Gasteiger partial charge >= 0.3 is 12.2 Å². The van der Waals surface area contributed by atoms with Crippen LogP contribution in [0.1, 0.15) is 30.9 Å². The van der Waals surface area contributed by atoms with Crippen LogP contribution >= 0.6 is 0 Å². The molecule has 3 heterocycles. The number of carbonyl (C=O) groups is 2. The zero-order valence-electron chi connectivity index (χ0n) is 14.3. The Morgan fingerprint density at radius 1 is 1.15 bits per heavy atom. The highest BCUT2D eigenvalue weighted by atomic mass is 19.4. The van der Waals surface area contributed by atoms with Gasteiger partial charge in [0, 0.05) is 18.4 Å². The van der Waals surface area contributed by atoms with Crippen molar-refractivity contribution in [3.05, 3.63) is 23.9 Å². The Hall–Kier alpha value is -2.62. The van der Waals surface area contributed by atoms with E-state index in [1.54, 1.807) is 4.68 Å². The maximum absolute atomic E-state index is 13.5. The lowest BCUT2D eigenvalue weighted by atomic mass is 10.1. The second-order valence-electron chi connectivity index (χ2n) is 6.75. The molecule has 0 spiro atoms. The molecule has 1 aromatic heterocycles. The van der Waals surface area contributed by atoms with E-state index in [4.69, 9.17) is 0 Å². The van der Waals surface area contributed by atoms with Crippen molar-refractivity contribution < 1.29 is 22.8 Å². The van der Waals surface area contributed by atoms with Crippen LogP contribution in [-0.2, 0) is 11.0 Å². The van der Waals surface area contributed by atoms with Crippen LogP contribution in [-0.4, -0.2) is 41.4 Å². The van der Waals surface area contributed by atoms with Crippen LogP contribution in [0.15, 0.2) is 18.3 Å². The third-order valence-electron chi connectivity index (χ3n) is 5.02. The van der Waals surface area contributed by atoms with Gasteiger partial charge in [-0.05, 0) is 38.1 Å². The van der Waals surface area contributed by atoms with E-state index in [1.807, 2.05) is 0 Å². The van der Waals surface area contributed by atoms with E-state index in [-0.39, 0.29) is 24.7 Å². The third-order valence-corrected chi connectivity index (χ3v) is 5.02. The zero-order valence-corrected chi connectivity index (χ0v) is 14.3. The third kappa shape index (κ3) is 3.25. The van der Waals surface area contributed by atoms with Crippen LogP contribution in [0, 0.1) is 0 Å². The van der Waals surface area contributed by atoms with E-state index in [9.17, 15) is 22.8 Å². The SMILES string of the molecule is O=C1CCN(c2cc(C(F)(F)F)cc3c2cnn3C2CCNCC2)C(=O)N1. The summed E-state index contributed by atoms with van der Waals surface area (Å²) in [6.07, 6.45) is -1.50. The number of hydrogen-bond donors (Lipinski definition) is 2. The lowest BCUT2D eigenvalue weighted by Gasteiger charge is -2.28. The van der Waals surface area contributed by atoms with Crippen molar-refractivity contribution in [1.82, 2.24) is 20.4 Å². The summed E-state index contributed by atoms with van der Waals surface area (Å²) in [5, 5.41) is 10.2. The van der Waals surface area contributed by atoms with E-state index in [0.717, 1.165) is 38.1 Å². The van der Waals surface area contributed by atoms with E-state index in [0.29, 0.717) is 10.9 Å². The Bertz CT molecular complexity index is 902. The quantitative estimate of drug-likeness (QED) is 0.838. The summed E-state index contributed by atoms with van der Waals surface area (Å²) in [4.78, 5) is 24.8. The topological polar surface area (TPSA) is 79.3 Å². The minimum absolute atomic E-state index is 0.00292. The number of urea groups is 1. The fourth-order valence-electron chi connectivity index (χ4n) is 3.65. The second kappa shape index (κ2) is 6.52. The fourth-order valence-corrected chi connectivity index (χ4v) is 3.65. The normalized spacial score (nSPS) is 19.6. The number of nitrogens with zero attached hydrogens (tertiary/aromatic N) is 3. The molecule has 2 N–H and O–H groups in total. The molecule has 3 amide bonds. The summed E-state index contributed by atoms with van der Waals surface area (Å²) < 4.78 is 42.1. The van der Waals surface area contributed by atoms with Gasteiger partial charge in [0.2, 0.25) is 5.91 Å². The van der Waals surface area contributed by atoms with Gasteiger partial charge in [-0.25, -0.2) is 4.79 Å². The average Bonchev–Trinajstić information content (AvgIpc) is 3.05. The Morgan fingerprint density at radius 2 is 1.89 bits per heavy atom. The maximum Gasteiger partial charge on any atom is 0.416 e. The van der Waals surface area contributed by atoms with Crippen LogP contribution in [0.25, 0.3) is 10.9 Å². The number of carbonyl (C=O) groups excluding carboxylic acids is 2. The van der Waals surface area contributed by atoms with Gasteiger partial charge in [-0.1, -0.05) is 0 Å². The molecule has 2 aliphatic heterocycles. The zero-order chi connectivity index (χ0) is 19.2. The molecule has 2 aromatic rings. The number of benzene rings is 1. The summed E-state index contributed by atoms with van der Waals surface area (Å²) in [6, 6.07) is 1.31. The average molecular weight is 381 g/mol. The number of hydrogen-bond acceptors (Lipinski definition) is 4. The van der Waals surface area contributed by atoms with Gasteiger partial charge in [-0.15, -0.1) is 0 Å². The van der Waals surface area contributed by atoms with Gasteiger partial charge in [0.15, 0.2) is 0 Å². The Morgan fingerprint density at radius 3 is 2.56 bits per heavy atom. The van der Waals surface area contributed by atoms with Crippen molar-refractivity contribution in [3.63, 3.8) is 0 Å². The van der Waals surface area contributed by atoms with Gasteiger partial charge in [-0.3, -0.25) is 19.7 Å². The maximum atomic E-state index is 13.5. The number of amides is 3. The molecule has 2 aliphatic rings. The molecule has 0 bridgehead atoms. The van der Waals surface area contributed by atoms with Crippen LogP contribution in [0.5, 0.6) is 0 Å². The molecule has 10 heteroatoms. The first kappa shape index (κ1) is 17.8. The van der Waals surface area contributed by atoms with Crippen molar-refractivity contribution in [2.24, 2.45) is 0 Å². The number of piperidine rings is 1. The number of nitrogens with one attached hydrogen (secondary N) is 2. The highest BCUT2D eigenvalue weighted by Gasteiger charge is 2.35. The molecular weight excluding hydrogens is 363 g/mol. The van der Waals surface area contributed by atoms with Crippen LogP contribution < -0.4 is 15.5 Å². The van der Waals surface area contributed by atoms with E-state index in [2.05, 4.69) is 15.7 Å². The fraction of sp³-hybridized carbons (Fsp3) is 0.471. The van der Waals surface area contributed by atoms with Crippen LogP contribution in [0.2, 0.25) is 0 Å². The lowest BCUT2D eigenvalue weighted by Crippen LogP contribution is -2.49. The van der Waals surface area contributed by atoms with Crippen molar-refractivity contribution in [2.75, 3.05) is 24.5 Å². The van der Waals surface area contributed by atoms with Gasteiger partial charge in [-0.2, -0.15) is 18.3 Å². The summed E-state index contributed by atoms with van der Waals surface area (Å²) in [7, 11) is 0. The molecule has 0 atom stereocenters. The lowest BCUT2D eigenvalue weighted by molar-refractivity contribution is -0.137. The Kier molecular flexibility index (Phi) is 4.29. The minimum Gasteiger partial charge on any atom is -0.317 e. The molecular formula is C17H18F3N5O2. The molecule has 0 aliphatic carbocycles. The van der Waals surface area contributed by atoms with Crippen molar-refractivity contribution in [2.45, 2.75) is 31.5 Å². The van der Waals surface area contributed by atoms with E-state index >= 15 is 0 Å². The monoisotopic (exact) mass is 381 g/mol. The molecule has 1 aromatic carbocycles. The van der Waals surface area contributed by atoms with Gasteiger partial charge in [0.05, 0.1) is 29.0 Å². The second-order valence-corrected chi connectivity index (χ2v) is 6.75. The number of fused-ring (bicyclic) bond motifs is 1. The summed E-state index contributed by atoms with van der Waals surface area (Å²) in [6.45, 7) is 1.57. The highest BCUT2D eigenvalue weighted by Crippen LogP contribution is 2.38. The molecule has 2 saturated heterocycles. The minimum atomic E-state index is -4.56. The first-order valence-electron chi connectivity index (χ1n) is 8.75. The predicted molar refractivity (Wildman–Crippen MR) is 91.4 cm³/mol. The van der Waals surface area contributed by atoms with E-state index in [1.165, 1.54) is 11.1 Å². The molecule has 0 radical (unpaired) electrons. The summed E-state index contributed by atoms with van der Waals surface area (Å²) in [5.74, 6) is -0.440. The number of rotatable bonds is 2. The Labute approximate surface area is 152 Å². The van der Waals surface area contributed by atoms with Crippen molar-refractivity contribution in [1.29, 1.82) is 0 Å². The van der Waals surface area contributed by atoms with Gasteiger partial charge < -0.3 is 5.32 Å². The molecule has 7 nitrogen and oxygen atoms in total. The van der Waals surface area contributed by atoms with Gasteiger partial charge in [0.1, 0.15) is 0 Å². The number of anilines is 1. The molecule has 144 valence electrons. The number of aromatic nitrogens is 2. The van der Waals surface area contributed by atoms with Gasteiger partial charge in [0.25, 0.3) is 0 Å². The highest BCUT2D eigenvalue weighted by molar-refractivity contribution is 6.09. The van der Waals surface area contributed by atoms with E-state index < -0.39 is 23.7 Å². The molecule has 27 heavy (non-hydrogen) atoms. The van der Waals surface area contributed by atoms with Crippen molar-refractivity contribution >= 4 is 28.5 Å². The Balaban J connectivity index is 1.86. The molecule has 0 unspecified atom stereocenters. The van der Waals surface area contributed by atoms with Crippen LogP contribution in [0.3, 0.4) is 0 Å². The predicted octanol–water partition coefficient (Wildman–Crippen LogP) is 2.43. The smallest absolute Gasteiger partial charge is 0.317 e. The summed E-state index contributed by atoms with van der Waals surface area (Å²) >= 11 is 0. The number of imide groups is 1. The number of halogens is 3. The van der Waals surface area contributed by atoms with Crippen LogP contribution in [0.4, 0.5) is 23.7 Å². The standard InChI is InChI=1S/C17H18F3N5O2/c18-17(19,20)10-7-13(24-6-3-15(26)23-16(24)27)12-9-22-25(14(12)8-10)11-1-4-21-5-2-11/h7-9,11,21H,1-6H2,(H,23,26,27). The molecule has 2 fully saturated rings. The first-order chi connectivity index (χ1) is 12.8. The molecule has 4 rings (SSSR count). The molecule has 0 saturated carbocycles. The number of alkyl halides is 3. The first-order valence-corrected chi connectivity index (χ1v) is 8.75. The summed E-state index contributed by atoms with van der Waals surface area (Å²) in [5.41, 5.74) is -0.383. The largest absolute Gasteiger partial charge is 0.416 e.